The van der Waals surface area contributed by atoms with Crippen LogP contribution in [0, 0.1) is 0 Å². The highest BCUT2D eigenvalue weighted by atomic mass is 32.2. The molecule has 0 aliphatic heterocycles. The Hall–Kier alpha value is -1.56. The van der Waals surface area contributed by atoms with Gasteiger partial charge in [0.15, 0.2) is 15.8 Å². The van der Waals surface area contributed by atoms with Crippen LogP contribution >= 0.6 is 0 Å². The molecule has 0 saturated carbocycles. The average Bonchev–Trinajstić information content (AvgIpc) is 2.45. The number of rotatable bonds is 8. The van der Waals surface area contributed by atoms with E-state index in [0.29, 0.717) is 6.54 Å². The van der Waals surface area contributed by atoms with Crippen molar-refractivity contribution in [1.82, 2.24) is 10.6 Å². The summed E-state index contributed by atoms with van der Waals surface area (Å²) in [4.78, 5) is 4.54. The van der Waals surface area contributed by atoms with E-state index in [1.165, 1.54) is 6.26 Å². The molecule has 0 heterocycles. The quantitative estimate of drug-likeness (QED) is 0.436. The van der Waals surface area contributed by atoms with Crippen LogP contribution in [0.5, 0.6) is 0 Å². The normalized spacial score (nSPS) is 12.2. The summed E-state index contributed by atoms with van der Waals surface area (Å²) in [5, 5.41) is 6.51. The molecule has 0 amide bonds. The van der Waals surface area contributed by atoms with E-state index >= 15 is 0 Å². The molecule has 0 unspecified atom stereocenters. The number of sulfone groups is 1. The lowest BCUT2D eigenvalue weighted by Gasteiger charge is -2.10. The number of nitrogens with one attached hydrogen (secondary N) is 2. The summed E-state index contributed by atoms with van der Waals surface area (Å²) in [5.74, 6) is 0.897. The Balaban J connectivity index is 2.61. The zero-order valence-electron chi connectivity index (χ0n) is 13.7. The van der Waals surface area contributed by atoms with E-state index in [0.717, 1.165) is 43.0 Å². The van der Waals surface area contributed by atoms with Crippen LogP contribution < -0.4 is 10.6 Å². The van der Waals surface area contributed by atoms with Gasteiger partial charge in [-0.15, -0.1) is 0 Å². The molecule has 22 heavy (non-hydrogen) atoms. The minimum absolute atomic E-state index is 0.0811. The van der Waals surface area contributed by atoms with Crippen molar-refractivity contribution in [1.29, 1.82) is 0 Å². The molecule has 2 N–H and O–H groups in total. The van der Waals surface area contributed by atoms with Gasteiger partial charge in [0.1, 0.15) is 0 Å². The van der Waals surface area contributed by atoms with Gasteiger partial charge in [0.05, 0.1) is 12.3 Å². The van der Waals surface area contributed by atoms with E-state index in [2.05, 4.69) is 22.5 Å². The highest BCUT2D eigenvalue weighted by molar-refractivity contribution is 7.89. The van der Waals surface area contributed by atoms with Gasteiger partial charge in [0.2, 0.25) is 0 Å². The molecule has 0 fully saturated rings. The first kappa shape index (κ1) is 18.5. The maximum absolute atomic E-state index is 11.3. The molecule has 6 heteroatoms. The molecule has 0 aliphatic rings. The summed E-state index contributed by atoms with van der Waals surface area (Å²) in [6.45, 7) is 6.50. The van der Waals surface area contributed by atoms with Gasteiger partial charge >= 0.3 is 0 Å². The third kappa shape index (κ3) is 8.02. The molecule has 0 bridgehead atoms. The molecule has 1 aromatic carbocycles. The first-order valence-corrected chi connectivity index (χ1v) is 9.78. The van der Waals surface area contributed by atoms with Gasteiger partial charge in [-0.3, -0.25) is 0 Å². The van der Waals surface area contributed by atoms with Gasteiger partial charge in [-0.25, -0.2) is 13.4 Å². The maximum Gasteiger partial charge on any atom is 0.191 e. The lowest BCUT2D eigenvalue weighted by molar-refractivity contribution is 0.601. The van der Waals surface area contributed by atoms with Gasteiger partial charge < -0.3 is 10.6 Å². The van der Waals surface area contributed by atoms with Crippen LogP contribution in [0.25, 0.3) is 0 Å². The Bertz CT molecular complexity index is 566. The second-order valence-corrected chi connectivity index (χ2v) is 7.50. The fourth-order valence-corrected chi connectivity index (χ4v) is 2.74. The molecule has 0 atom stereocenters. The Labute approximate surface area is 134 Å². The van der Waals surface area contributed by atoms with Gasteiger partial charge in [0.25, 0.3) is 0 Å². The van der Waals surface area contributed by atoms with Gasteiger partial charge in [-0.05, 0) is 24.5 Å². The standard InChI is InChI=1S/C16H27N3O2S/c1-4-6-11-18-16(17-5-2)19-12-14-7-9-15(10-8-14)13-22(3,20)21/h7-10H,4-6,11-13H2,1-3H3,(H2,17,18,19). The molecule has 0 radical (unpaired) electrons. The number of hydrogen-bond acceptors (Lipinski definition) is 3. The summed E-state index contributed by atoms with van der Waals surface area (Å²) < 4.78 is 22.5. The number of benzene rings is 1. The Morgan fingerprint density at radius 1 is 1.09 bits per heavy atom. The van der Waals surface area contributed by atoms with Gasteiger partial charge in [0, 0.05) is 19.3 Å². The Morgan fingerprint density at radius 3 is 2.27 bits per heavy atom. The van der Waals surface area contributed by atoms with E-state index in [9.17, 15) is 8.42 Å². The minimum atomic E-state index is -2.98. The predicted octanol–water partition coefficient (Wildman–Crippen LogP) is 2.09. The van der Waals surface area contributed by atoms with Crippen molar-refractivity contribution in [2.75, 3.05) is 19.3 Å². The van der Waals surface area contributed by atoms with Crippen molar-refractivity contribution < 1.29 is 8.42 Å². The summed E-state index contributed by atoms with van der Waals surface area (Å²) in [5.41, 5.74) is 1.87. The summed E-state index contributed by atoms with van der Waals surface area (Å²) in [7, 11) is -2.98. The predicted molar refractivity (Wildman–Crippen MR) is 92.7 cm³/mol. The van der Waals surface area contributed by atoms with Crippen LogP contribution in [0.3, 0.4) is 0 Å². The maximum atomic E-state index is 11.3. The lowest BCUT2D eigenvalue weighted by Crippen LogP contribution is -2.37. The molecule has 1 aromatic rings. The molecule has 1 rings (SSSR count). The van der Waals surface area contributed by atoms with Crippen molar-refractivity contribution in [3.05, 3.63) is 35.4 Å². The zero-order chi connectivity index (χ0) is 16.4. The van der Waals surface area contributed by atoms with E-state index in [-0.39, 0.29) is 5.75 Å². The van der Waals surface area contributed by atoms with E-state index in [4.69, 9.17) is 0 Å². The second kappa shape index (κ2) is 9.46. The molecule has 0 aliphatic carbocycles. The number of hydrogen-bond donors (Lipinski definition) is 2. The highest BCUT2D eigenvalue weighted by Crippen LogP contribution is 2.08. The third-order valence-corrected chi connectivity index (χ3v) is 3.90. The highest BCUT2D eigenvalue weighted by Gasteiger charge is 2.04. The summed E-state index contributed by atoms with van der Waals surface area (Å²) in [6, 6.07) is 7.56. The lowest BCUT2D eigenvalue weighted by atomic mass is 10.1. The number of nitrogens with zero attached hydrogens (tertiary/aromatic N) is 1. The van der Waals surface area contributed by atoms with Crippen molar-refractivity contribution in [2.45, 2.75) is 39.0 Å². The second-order valence-electron chi connectivity index (χ2n) is 5.36. The Kier molecular flexibility index (Phi) is 7.95. The van der Waals surface area contributed by atoms with Crippen molar-refractivity contribution in [2.24, 2.45) is 4.99 Å². The average molecular weight is 325 g/mol. The SMILES string of the molecule is CCCCNC(=NCc1ccc(CS(C)(=O)=O)cc1)NCC. The molecule has 124 valence electrons. The Morgan fingerprint density at radius 2 is 1.73 bits per heavy atom. The fourth-order valence-electron chi connectivity index (χ4n) is 1.94. The van der Waals surface area contributed by atoms with E-state index < -0.39 is 9.84 Å². The van der Waals surface area contributed by atoms with Crippen LogP contribution in [0.4, 0.5) is 0 Å². The van der Waals surface area contributed by atoms with E-state index in [1.807, 2.05) is 31.2 Å². The molecule has 0 spiro atoms. The van der Waals surface area contributed by atoms with Crippen molar-refractivity contribution in [3.63, 3.8) is 0 Å². The molecular formula is C16H27N3O2S. The van der Waals surface area contributed by atoms with Crippen LogP contribution in [-0.4, -0.2) is 33.7 Å². The van der Waals surface area contributed by atoms with Crippen molar-refractivity contribution in [3.8, 4) is 0 Å². The largest absolute Gasteiger partial charge is 0.357 e. The molecule has 0 aromatic heterocycles. The van der Waals surface area contributed by atoms with Gasteiger partial charge in [-0.1, -0.05) is 37.6 Å². The first-order valence-electron chi connectivity index (χ1n) is 7.72. The van der Waals surface area contributed by atoms with Crippen LogP contribution in [0.15, 0.2) is 29.3 Å². The van der Waals surface area contributed by atoms with E-state index in [1.54, 1.807) is 0 Å². The third-order valence-electron chi connectivity index (χ3n) is 3.04. The van der Waals surface area contributed by atoms with Crippen LogP contribution in [0.2, 0.25) is 0 Å². The smallest absolute Gasteiger partial charge is 0.191 e. The van der Waals surface area contributed by atoms with Crippen LogP contribution in [-0.2, 0) is 22.1 Å². The molecule has 0 saturated heterocycles. The van der Waals surface area contributed by atoms with Gasteiger partial charge in [-0.2, -0.15) is 0 Å². The minimum Gasteiger partial charge on any atom is -0.357 e. The van der Waals surface area contributed by atoms with Crippen molar-refractivity contribution >= 4 is 15.8 Å². The topological polar surface area (TPSA) is 70.6 Å². The number of guanidine groups is 1. The fraction of sp³-hybridized carbons (Fsp3) is 0.562. The summed E-state index contributed by atoms with van der Waals surface area (Å²) in [6.07, 6.45) is 3.51. The zero-order valence-corrected chi connectivity index (χ0v) is 14.5. The first-order chi connectivity index (χ1) is 10.4. The molecular weight excluding hydrogens is 298 g/mol. The summed E-state index contributed by atoms with van der Waals surface area (Å²) >= 11 is 0. The monoisotopic (exact) mass is 325 g/mol. The number of aliphatic imine (C=N–C) groups is 1. The number of unbranched alkanes of at least 4 members (excludes halogenated alkanes) is 1. The molecule has 5 nitrogen and oxygen atoms in total. The van der Waals surface area contributed by atoms with Crippen LogP contribution in [0.1, 0.15) is 37.8 Å².